The molecule has 0 aliphatic carbocycles. The fourth-order valence-corrected chi connectivity index (χ4v) is 4.62. The van der Waals surface area contributed by atoms with E-state index in [2.05, 4.69) is 4.98 Å². The van der Waals surface area contributed by atoms with E-state index in [0.29, 0.717) is 11.4 Å². The molecule has 0 spiro atoms. The molecule has 1 aromatic rings. The summed E-state index contributed by atoms with van der Waals surface area (Å²) < 4.78 is 26.5. The van der Waals surface area contributed by atoms with Crippen molar-refractivity contribution in [1.82, 2.24) is 9.29 Å². The van der Waals surface area contributed by atoms with Crippen molar-refractivity contribution in [3.05, 3.63) is 17.0 Å². The summed E-state index contributed by atoms with van der Waals surface area (Å²) >= 11 is 1.56. The van der Waals surface area contributed by atoms with Gasteiger partial charge in [-0.05, 0) is 27.0 Å². The standard InChI is InChI=1S/C12H20N2O4S2/c1-7(6-19-5)14(4)20(17,18)11-8(2)10(12(15)16)13-9(11)3/h7,13H,6H2,1-5H3,(H,15,16). The summed E-state index contributed by atoms with van der Waals surface area (Å²) in [5.41, 5.74) is 0.522. The summed E-state index contributed by atoms with van der Waals surface area (Å²) in [6, 6.07) is -0.169. The van der Waals surface area contributed by atoms with Crippen LogP contribution in [0.25, 0.3) is 0 Å². The highest BCUT2D eigenvalue weighted by atomic mass is 32.2. The van der Waals surface area contributed by atoms with E-state index in [-0.39, 0.29) is 22.2 Å². The first-order chi connectivity index (χ1) is 9.14. The first-order valence-corrected chi connectivity index (χ1v) is 8.87. The number of nitrogens with zero attached hydrogens (tertiary/aromatic N) is 1. The Morgan fingerprint density at radius 1 is 1.45 bits per heavy atom. The van der Waals surface area contributed by atoms with E-state index < -0.39 is 16.0 Å². The lowest BCUT2D eigenvalue weighted by Crippen LogP contribution is -2.37. The lowest BCUT2D eigenvalue weighted by atomic mass is 10.2. The van der Waals surface area contributed by atoms with Crippen LogP contribution in [0, 0.1) is 13.8 Å². The van der Waals surface area contributed by atoms with Gasteiger partial charge in [-0.1, -0.05) is 0 Å². The van der Waals surface area contributed by atoms with E-state index >= 15 is 0 Å². The zero-order valence-electron chi connectivity index (χ0n) is 12.2. The van der Waals surface area contributed by atoms with E-state index in [1.54, 1.807) is 18.7 Å². The number of carboxylic acid groups (broad SMARTS) is 1. The molecule has 20 heavy (non-hydrogen) atoms. The largest absolute Gasteiger partial charge is 0.477 e. The van der Waals surface area contributed by atoms with Gasteiger partial charge in [-0.2, -0.15) is 16.1 Å². The molecule has 0 aromatic carbocycles. The Hall–Kier alpha value is -0.990. The van der Waals surface area contributed by atoms with E-state index in [9.17, 15) is 13.2 Å². The van der Waals surface area contributed by atoms with Gasteiger partial charge in [0.05, 0.1) is 0 Å². The number of rotatable bonds is 6. The molecule has 0 aliphatic heterocycles. The molecule has 0 saturated heterocycles. The molecule has 0 amide bonds. The third kappa shape index (κ3) is 3.02. The second-order valence-corrected chi connectivity index (χ2v) is 7.55. The summed E-state index contributed by atoms with van der Waals surface area (Å²) in [7, 11) is -2.19. The van der Waals surface area contributed by atoms with E-state index in [4.69, 9.17) is 5.11 Å². The molecule has 1 unspecified atom stereocenters. The van der Waals surface area contributed by atoms with Gasteiger partial charge >= 0.3 is 5.97 Å². The number of carbonyl (C=O) groups is 1. The highest BCUT2D eigenvalue weighted by Crippen LogP contribution is 2.27. The molecule has 0 saturated carbocycles. The smallest absolute Gasteiger partial charge is 0.352 e. The fourth-order valence-electron chi connectivity index (χ4n) is 2.06. The maximum Gasteiger partial charge on any atom is 0.352 e. The van der Waals surface area contributed by atoms with Gasteiger partial charge in [-0.3, -0.25) is 0 Å². The molecular formula is C12H20N2O4S2. The predicted octanol–water partition coefficient (Wildman–Crippen LogP) is 1.70. The number of H-pyrrole nitrogens is 1. The Morgan fingerprint density at radius 3 is 2.40 bits per heavy atom. The molecular weight excluding hydrogens is 300 g/mol. The Kier molecular flexibility index (Phi) is 5.28. The van der Waals surface area contributed by atoms with Crippen LogP contribution in [0.1, 0.15) is 28.7 Å². The summed E-state index contributed by atoms with van der Waals surface area (Å²) in [5, 5.41) is 9.06. The minimum Gasteiger partial charge on any atom is -0.477 e. The summed E-state index contributed by atoms with van der Waals surface area (Å²) in [6.07, 6.45) is 1.91. The number of carboxylic acids is 1. The topological polar surface area (TPSA) is 90.5 Å². The maximum atomic E-state index is 12.6. The van der Waals surface area contributed by atoms with Crippen LogP contribution in [0.3, 0.4) is 0 Å². The average molecular weight is 320 g/mol. The second-order valence-electron chi connectivity index (χ2n) is 4.71. The Morgan fingerprint density at radius 2 is 2.00 bits per heavy atom. The lowest BCUT2D eigenvalue weighted by Gasteiger charge is -2.24. The first-order valence-electron chi connectivity index (χ1n) is 6.04. The van der Waals surface area contributed by atoms with Crippen molar-refractivity contribution in [3.8, 4) is 0 Å². The van der Waals surface area contributed by atoms with Crippen LogP contribution in [0.2, 0.25) is 0 Å². The molecule has 0 fully saturated rings. The molecule has 2 N–H and O–H groups in total. The van der Waals surface area contributed by atoms with Crippen LogP contribution in [-0.4, -0.2) is 53.9 Å². The normalized spacial score (nSPS) is 13.7. The third-order valence-corrected chi connectivity index (χ3v) is 6.31. The zero-order valence-corrected chi connectivity index (χ0v) is 13.9. The molecule has 114 valence electrons. The minimum atomic E-state index is -3.71. The first kappa shape index (κ1) is 17.1. The summed E-state index contributed by atoms with van der Waals surface area (Å²) in [4.78, 5) is 13.8. The minimum absolute atomic E-state index is 0.0605. The highest BCUT2D eigenvalue weighted by Gasteiger charge is 2.31. The number of aryl methyl sites for hydroxylation is 1. The number of aromatic nitrogens is 1. The Balaban J connectivity index is 3.33. The number of aromatic carboxylic acids is 1. The SMILES string of the molecule is CSCC(C)N(C)S(=O)(=O)c1c(C)[nH]c(C(=O)O)c1C. The monoisotopic (exact) mass is 320 g/mol. The number of nitrogens with one attached hydrogen (secondary N) is 1. The van der Waals surface area contributed by atoms with Gasteiger partial charge in [0.25, 0.3) is 0 Å². The van der Waals surface area contributed by atoms with Crippen LogP contribution in [-0.2, 0) is 10.0 Å². The number of hydrogen-bond acceptors (Lipinski definition) is 4. The second kappa shape index (κ2) is 6.19. The molecule has 0 bridgehead atoms. The highest BCUT2D eigenvalue weighted by molar-refractivity contribution is 7.98. The Labute approximate surface area is 123 Å². The molecule has 0 radical (unpaired) electrons. The molecule has 0 aliphatic rings. The van der Waals surface area contributed by atoms with Crippen molar-refractivity contribution in [1.29, 1.82) is 0 Å². The van der Waals surface area contributed by atoms with Crippen molar-refractivity contribution < 1.29 is 18.3 Å². The van der Waals surface area contributed by atoms with Crippen LogP contribution >= 0.6 is 11.8 Å². The number of aromatic amines is 1. The summed E-state index contributed by atoms with van der Waals surface area (Å²) in [6.45, 7) is 4.90. The maximum absolute atomic E-state index is 12.6. The van der Waals surface area contributed by atoms with E-state index in [1.165, 1.54) is 18.3 Å². The van der Waals surface area contributed by atoms with Gasteiger partial charge in [0.1, 0.15) is 10.6 Å². The van der Waals surface area contributed by atoms with Gasteiger partial charge in [0, 0.05) is 30.1 Å². The number of thioether (sulfide) groups is 1. The molecule has 8 heteroatoms. The number of sulfonamides is 1. The molecule has 6 nitrogen and oxygen atoms in total. The van der Waals surface area contributed by atoms with Crippen LogP contribution in [0.15, 0.2) is 4.90 Å². The molecule has 1 heterocycles. The fraction of sp³-hybridized carbons (Fsp3) is 0.583. The van der Waals surface area contributed by atoms with Crippen LogP contribution < -0.4 is 0 Å². The molecule has 1 atom stereocenters. The third-order valence-electron chi connectivity index (χ3n) is 3.25. The predicted molar refractivity (Wildman–Crippen MR) is 80.0 cm³/mol. The van der Waals surface area contributed by atoms with E-state index in [0.717, 1.165) is 0 Å². The van der Waals surface area contributed by atoms with Crippen molar-refractivity contribution in [2.24, 2.45) is 0 Å². The molecule has 1 rings (SSSR count). The molecule has 1 aromatic heterocycles. The van der Waals surface area contributed by atoms with Crippen molar-refractivity contribution >= 4 is 27.8 Å². The van der Waals surface area contributed by atoms with Crippen LogP contribution in [0.4, 0.5) is 0 Å². The van der Waals surface area contributed by atoms with Crippen molar-refractivity contribution in [2.75, 3.05) is 19.1 Å². The summed E-state index contributed by atoms with van der Waals surface area (Å²) in [5.74, 6) is -0.490. The van der Waals surface area contributed by atoms with Gasteiger partial charge in [0.15, 0.2) is 0 Å². The van der Waals surface area contributed by atoms with Crippen LogP contribution in [0.5, 0.6) is 0 Å². The van der Waals surface area contributed by atoms with Gasteiger partial charge < -0.3 is 10.1 Å². The van der Waals surface area contributed by atoms with Gasteiger partial charge in [0.2, 0.25) is 10.0 Å². The van der Waals surface area contributed by atoms with Crippen molar-refractivity contribution in [3.63, 3.8) is 0 Å². The quantitative estimate of drug-likeness (QED) is 0.832. The lowest BCUT2D eigenvalue weighted by molar-refractivity contribution is 0.0690. The Bertz CT molecular complexity index is 607. The van der Waals surface area contributed by atoms with E-state index in [1.807, 2.05) is 13.2 Å². The van der Waals surface area contributed by atoms with Gasteiger partial charge in [-0.25, -0.2) is 13.2 Å². The number of hydrogen-bond donors (Lipinski definition) is 2. The average Bonchev–Trinajstić information content (AvgIpc) is 2.64. The van der Waals surface area contributed by atoms with Gasteiger partial charge in [-0.15, -0.1) is 0 Å². The van der Waals surface area contributed by atoms with Crippen molar-refractivity contribution in [2.45, 2.75) is 31.7 Å². The zero-order chi connectivity index (χ0) is 15.7.